The van der Waals surface area contributed by atoms with E-state index >= 15 is 0 Å². The van der Waals surface area contributed by atoms with Gasteiger partial charge in [0.05, 0.1) is 0 Å². The first-order valence-electron chi connectivity index (χ1n) is 10.6. The molecule has 2 saturated carbocycles. The summed E-state index contributed by atoms with van der Waals surface area (Å²) < 4.78 is 5.47. The zero-order valence-corrected chi connectivity index (χ0v) is 16.7. The Kier molecular flexibility index (Phi) is 4.52. The van der Waals surface area contributed by atoms with Crippen LogP contribution in [0.2, 0.25) is 0 Å². The van der Waals surface area contributed by atoms with Crippen LogP contribution in [0.15, 0.2) is 18.2 Å². The standard InChI is InChI=1S/C22H25N3O5/c26-18-5-4-17(19(27)24-18)25-12-14-3-2-13(8-16(14)20(25)28)11-23-21(29)30-15-9-22(10-15)6-1-7-22/h2-3,8,15,17H,1,4-7,9-12H2,(H,23,29)(H,24,26,27). The van der Waals surface area contributed by atoms with Gasteiger partial charge >= 0.3 is 6.09 Å². The molecule has 1 aromatic carbocycles. The van der Waals surface area contributed by atoms with E-state index in [1.165, 1.54) is 24.2 Å². The molecule has 3 fully saturated rings. The summed E-state index contributed by atoms with van der Waals surface area (Å²) in [5.74, 6) is -0.939. The molecule has 4 amide bonds. The summed E-state index contributed by atoms with van der Waals surface area (Å²) in [6, 6.07) is 4.86. The van der Waals surface area contributed by atoms with Gasteiger partial charge in [-0.1, -0.05) is 18.6 Å². The number of fused-ring (bicyclic) bond motifs is 1. The molecule has 2 heterocycles. The van der Waals surface area contributed by atoms with E-state index in [1.807, 2.05) is 12.1 Å². The van der Waals surface area contributed by atoms with Crippen LogP contribution in [0.25, 0.3) is 0 Å². The van der Waals surface area contributed by atoms with Crippen LogP contribution in [-0.2, 0) is 27.4 Å². The van der Waals surface area contributed by atoms with Crippen LogP contribution in [0.3, 0.4) is 0 Å². The van der Waals surface area contributed by atoms with Crippen molar-refractivity contribution in [3.05, 3.63) is 34.9 Å². The molecule has 2 aliphatic carbocycles. The van der Waals surface area contributed by atoms with E-state index in [0.29, 0.717) is 23.9 Å². The number of carbonyl (C=O) groups excluding carboxylic acids is 4. The van der Waals surface area contributed by atoms with Gasteiger partial charge in [0.2, 0.25) is 11.8 Å². The van der Waals surface area contributed by atoms with Crippen LogP contribution in [0, 0.1) is 5.41 Å². The summed E-state index contributed by atoms with van der Waals surface area (Å²) in [4.78, 5) is 49.9. The highest BCUT2D eigenvalue weighted by Crippen LogP contribution is 2.56. The third-order valence-corrected chi connectivity index (χ3v) is 7.04. The number of amides is 4. The van der Waals surface area contributed by atoms with Crippen molar-refractivity contribution in [2.24, 2.45) is 5.41 Å². The highest BCUT2D eigenvalue weighted by molar-refractivity contribution is 6.05. The first-order chi connectivity index (χ1) is 14.4. The molecule has 8 heteroatoms. The number of imide groups is 1. The van der Waals surface area contributed by atoms with Crippen molar-refractivity contribution in [1.82, 2.24) is 15.5 Å². The van der Waals surface area contributed by atoms with E-state index in [1.54, 1.807) is 6.07 Å². The lowest BCUT2D eigenvalue weighted by Crippen LogP contribution is -2.52. The molecule has 8 nitrogen and oxygen atoms in total. The Morgan fingerprint density at radius 3 is 2.73 bits per heavy atom. The fourth-order valence-corrected chi connectivity index (χ4v) is 5.15. The fraction of sp³-hybridized carbons (Fsp3) is 0.545. The van der Waals surface area contributed by atoms with Crippen molar-refractivity contribution in [3.63, 3.8) is 0 Å². The minimum Gasteiger partial charge on any atom is -0.446 e. The third-order valence-electron chi connectivity index (χ3n) is 7.04. The number of alkyl carbamates (subject to hydrolysis) is 1. The van der Waals surface area contributed by atoms with E-state index < -0.39 is 18.0 Å². The van der Waals surface area contributed by atoms with Crippen molar-refractivity contribution in [2.75, 3.05) is 0 Å². The second kappa shape index (κ2) is 7.11. The molecule has 4 aliphatic rings. The topological polar surface area (TPSA) is 105 Å². The smallest absolute Gasteiger partial charge is 0.407 e. The number of nitrogens with zero attached hydrogens (tertiary/aromatic N) is 1. The number of nitrogens with one attached hydrogen (secondary N) is 2. The number of piperidine rings is 1. The number of ether oxygens (including phenoxy) is 1. The Labute approximate surface area is 174 Å². The van der Waals surface area contributed by atoms with Crippen LogP contribution >= 0.6 is 0 Å². The maximum atomic E-state index is 12.8. The Bertz CT molecular complexity index is 931. The third kappa shape index (κ3) is 3.34. The molecule has 158 valence electrons. The summed E-state index contributed by atoms with van der Waals surface area (Å²) >= 11 is 0. The van der Waals surface area contributed by atoms with E-state index in [2.05, 4.69) is 10.6 Å². The molecule has 0 aromatic heterocycles. The van der Waals surface area contributed by atoms with Crippen LogP contribution in [0.5, 0.6) is 0 Å². The average Bonchev–Trinajstić information content (AvgIpc) is 2.97. The summed E-state index contributed by atoms with van der Waals surface area (Å²) in [6.07, 6.45) is 5.93. The molecular weight excluding hydrogens is 386 g/mol. The Hall–Kier alpha value is -2.90. The van der Waals surface area contributed by atoms with Crippen molar-refractivity contribution in [2.45, 2.75) is 70.2 Å². The van der Waals surface area contributed by atoms with Gasteiger partial charge in [0.25, 0.3) is 5.91 Å². The summed E-state index contributed by atoms with van der Waals surface area (Å²) in [5.41, 5.74) is 2.64. The number of benzene rings is 1. The molecule has 1 saturated heterocycles. The average molecular weight is 411 g/mol. The molecule has 1 unspecified atom stereocenters. The maximum Gasteiger partial charge on any atom is 0.407 e. The summed E-state index contributed by atoms with van der Waals surface area (Å²) in [6.45, 7) is 0.620. The lowest BCUT2D eigenvalue weighted by atomic mass is 9.55. The van der Waals surface area contributed by atoms with Crippen molar-refractivity contribution < 1.29 is 23.9 Å². The first-order valence-corrected chi connectivity index (χ1v) is 10.6. The van der Waals surface area contributed by atoms with Crippen LogP contribution < -0.4 is 10.6 Å². The summed E-state index contributed by atoms with van der Waals surface area (Å²) in [5, 5.41) is 5.07. The number of hydrogen-bond acceptors (Lipinski definition) is 5. The molecule has 30 heavy (non-hydrogen) atoms. The molecule has 0 bridgehead atoms. The molecule has 2 N–H and O–H groups in total. The van der Waals surface area contributed by atoms with Crippen LogP contribution in [-0.4, -0.2) is 40.9 Å². The van der Waals surface area contributed by atoms with Crippen molar-refractivity contribution in [3.8, 4) is 0 Å². The molecule has 2 aliphatic heterocycles. The molecule has 1 aromatic rings. The fourth-order valence-electron chi connectivity index (χ4n) is 5.15. The normalized spacial score (nSPS) is 24.7. The van der Waals surface area contributed by atoms with Gasteiger partial charge in [0.15, 0.2) is 0 Å². The molecule has 1 atom stereocenters. The lowest BCUT2D eigenvalue weighted by molar-refractivity contribution is -0.136. The quantitative estimate of drug-likeness (QED) is 0.738. The Morgan fingerprint density at radius 2 is 2.03 bits per heavy atom. The highest BCUT2D eigenvalue weighted by Gasteiger charge is 2.49. The van der Waals surface area contributed by atoms with E-state index in [-0.39, 0.29) is 30.9 Å². The van der Waals surface area contributed by atoms with Gasteiger partial charge in [0, 0.05) is 25.1 Å². The predicted octanol–water partition coefficient (Wildman–Crippen LogP) is 2.01. The second-order valence-electron chi connectivity index (χ2n) is 9.03. The second-order valence-corrected chi connectivity index (χ2v) is 9.03. The van der Waals surface area contributed by atoms with Gasteiger partial charge in [-0.15, -0.1) is 0 Å². The number of rotatable bonds is 4. The monoisotopic (exact) mass is 411 g/mol. The van der Waals surface area contributed by atoms with Gasteiger partial charge in [-0.05, 0) is 54.7 Å². The zero-order chi connectivity index (χ0) is 20.9. The minimum atomic E-state index is -0.624. The van der Waals surface area contributed by atoms with Gasteiger partial charge in [-0.2, -0.15) is 0 Å². The number of hydrogen-bond donors (Lipinski definition) is 2. The van der Waals surface area contributed by atoms with Crippen LogP contribution in [0.1, 0.15) is 66.4 Å². The number of carbonyl (C=O) groups is 4. The predicted molar refractivity (Wildman–Crippen MR) is 105 cm³/mol. The SMILES string of the molecule is O=C1CCC(N2Cc3ccc(CNC(=O)OC4CC5(CCC5)C4)cc3C2=O)C(=O)N1. The van der Waals surface area contributed by atoms with Crippen molar-refractivity contribution in [1.29, 1.82) is 0 Å². The first kappa shape index (κ1) is 19.1. The van der Waals surface area contributed by atoms with Gasteiger partial charge in [-0.3, -0.25) is 19.7 Å². The van der Waals surface area contributed by atoms with Gasteiger partial charge in [0.1, 0.15) is 12.1 Å². The molecule has 5 rings (SSSR count). The van der Waals surface area contributed by atoms with E-state index in [4.69, 9.17) is 4.74 Å². The van der Waals surface area contributed by atoms with E-state index in [9.17, 15) is 19.2 Å². The maximum absolute atomic E-state index is 12.8. The van der Waals surface area contributed by atoms with Gasteiger partial charge in [-0.25, -0.2) is 4.79 Å². The van der Waals surface area contributed by atoms with E-state index in [0.717, 1.165) is 24.0 Å². The zero-order valence-electron chi connectivity index (χ0n) is 16.7. The lowest BCUT2D eigenvalue weighted by Gasteiger charge is -2.53. The molecular formula is C22H25N3O5. The Morgan fingerprint density at radius 1 is 1.23 bits per heavy atom. The summed E-state index contributed by atoms with van der Waals surface area (Å²) in [7, 11) is 0. The Balaban J connectivity index is 1.16. The largest absolute Gasteiger partial charge is 0.446 e. The van der Waals surface area contributed by atoms with Crippen LogP contribution in [0.4, 0.5) is 4.79 Å². The minimum absolute atomic E-state index is 0.0222. The van der Waals surface area contributed by atoms with Crippen molar-refractivity contribution >= 4 is 23.8 Å². The van der Waals surface area contributed by atoms with Gasteiger partial charge < -0.3 is 15.0 Å². The highest BCUT2D eigenvalue weighted by atomic mass is 16.6. The molecule has 1 spiro atoms. The molecule has 0 radical (unpaired) electrons.